The number of aromatic carboxylic acids is 1. The zero-order valence-corrected chi connectivity index (χ0v) is 9.32. The van der Waals surface area contributed by atoms with Crippen molar-refractivity contribution in [3.05, 3.63) is 33.8 Å². The number of carbonyl (C=O) groups is 2. The molecule has 0 unspecified atom stereocenters. The Hall–Kier alpha value is -1.36. The van der Waals surface area contributed by atoms with Crippen molar-refractivity contribution in [2.75, 3.05) is 0 Å². The Balaban J connectivity index is 2.95. The first-order valence-corrected chi connectivity index (χ1v) is 5.03. The Morgan fingerprint density at radius 1 is 1.27 bits per heavy atom. The van der Waals surface area contributed by atoms with Gasteiger partial charge in [-0.2, -0.15) is 0 Å². The summed E-state index contributed by atoms with van der Waals surface area (Å²) in [6.45, 7) is 0. The molecule has 0 saturated heterocycles. The topological polar surface area (TPSA) is 74.6 Å². The third-order valence-electron chi connectivity index (χ3n) is 1.91. The molecule has 0 amide bonds. The van der Waals surface area contributed by atoms with Crippen molar-refractivity contribution in [3.8, 4) is 0 Å². The molecule has 0 aliphatic rings. The summed E-state index contributed by atoms with van der Waals surface area (Å²) in [6, 6.07) is 4.79. The average Bonchev–Trinajstić information content (AvgIpc) is 2.15. The van der Waals surface area contributed by atoms with Crippen molar-refractivity contribution in [1.29, 1.82) is 0 Å². The van der Waals surface area contributed by atoms with Crippen LogP contribution >= 0.6 is 15.9 Å². The highest BCUT2D eigenvalue weighted by atomic mass is 79.9. The molecular formula is C10H9BrO4. The van der Waals surface area contributed by atoms with Gasteiger partial charge in [0.15, 0.2) is 0 Å². The van der Waals surface area contributed by atoms with Crippen LogP contribution in [0.15, 0.2) is 22.7 Å². The number of hydrogen-bond donors (Lipinski definition) is 2. The molecule has 0 radical (unpaired) electrons. The second-order valence-corrected chi connectivity index (χ2v) is 3.92. The highest BCUT2D eigenvalue weighted by Gasteiger charge is 2.11. The molecule has 0 saturated carbocycles. The first-order chi connectivity index (χ1) is 7.00. The van der Waals surface area contributed by atoms with E-state index in [1.807, 2.05) is 0 Å². The predicted molar refractivity (Wildman–Crippen MR) is 57.1 cm³/mol. The maximum atomic E-state index is 10.9. The monoisotopic (exact) mass is 272 g/mol. The summed E-state index contributed by atoms with van der Waals surface area (Å²) in [7, 11) is 0. The number of rotatable bonds is 4. The SMILES string of the molecule is O=C(O)CCc1ccc(Br)cc1C(=O)O. The number of aliphatic carboxylic acids is 1. The van der Waals surface area contributed by atoms with Crippen LogP contribution in [0.2, 0.25) is 0 Å². The second kappa shape index (κ2) is 4.93. The minimum atomic E-state index is -1.04. The molecule has 5 heteroatoms. The molecule has 1 aromatic carbocycles. The average molecular weight is 273 g/mol. The molecule has 0 fully saturated rings. The standard InChI is InChI=1S/C10H9BrO4/c11-7-3-1-6(2-4-9(12)13)8(5-7)10(14)15/h1,3,5H,2,4H2,(H,12,13)(H,14,15). The van der Waals surface area contributed by atoms with Gasteiger partial charge < -0.3 is 10.2 Å². The maximum absolute atomic E-state index is 10.9. The van der Waals surface area contributed by atoms with Gasteiger partial charge in [0.2, 0.25) is 0 Å². The summed E-state index contributed by atoms with van der Waals surface area (Å²) in [6.07, 6.45) is 0.159. The van der Waals surface area contributed by atoms with E-state index in [-0.39, 0.29) is 18.4 Å². The molecule has 0 spiro atoms. The van der Waals surface area contributed by atoms with Crippen LogP contribution in [0.3, 0.4) is 0 Å². The van der Waals surface area contributed by atoms with Gasteiger partial charge in [0.1, 0.15) is 0 Å². The summed E-state index contributed by atoms with van der Waals surface area (Å²) >= 11 is 3.16. The van der Waals surface area contributed by atoms with E-state index in [0.29, 0.717) is 10.0 Å². The van der Waals surface area contributed by atoms with E-state index in [9.17, 15) is 9.59 Å². The maximum Gasteiger partial charge on any atom is 0.336 e. The van der Waals surface area contributed by atoms with Crippen LogP contribution in [0.1, 0.15) is 22.3 Å². The van der Waals surface area contributed by atoms with Gasteiger partial charge in [-0.1, -0.05) is 22.0 Å². The molecular weight excluding hydrogens is 264 g/mol. The summed E-state index contributed by atoms with van der Waals surface area (Å²) in [5.41, 5.74) is 0.679. The van der Waals surface area contributed by atoms with E-state index in [2.05, 4.69) is 15.9 Å². The van der Waals surface area contributed by atoms with Gasteiger partial charge >= 0.3 is 11.9 Å². The Morgan fingerprint density at radius 2 is 1.93 bits per heavy atom. The van der Waals surface area contributed by atoms with Crippen LogP contribution in [-0.2, 0) is 11.2 Å². The van der Waals surface area contributed by atoms with Crippen molar-refractivity contribution in [3.63, 3.8) is 0 Å². The van der Waals surface area contributed by atoms with Gasteiger partial charge in [0.25, 0.3) is 0 Å². The summed E-state index contributed by atoms with van der Waals surface area (Å²) in [4.78, 5) is 21.2. The summed E-state index contributed by atoms with van der Waals surface area (Å²) in [5, 5.41) is 17.4. The van der Waals surface area contributed by atoms with Crippen LogP contribution in [0.4, 0.5) is 0 Å². The smallest absolute Gasteiger partial charge is 0.336 e. The van der Waals surface area contributed by atoms with E-state index >= 15 is 0 Å². The quantitative estimate of drug-likeness (QED) is 0.881. The third-order valence-corrected chi connectivity index (χ3v) is 2.40. The highest BCUT2D eigenvalue weighted by molar-refractivity contribution is 9.10. The number of hydrogen-bond acceptors (Lipinski definition) is 2. The van der Waals surface area contributed by atoms with Gasteiger partial charge in [-0.05, 0) is 24.1 Å². The molecule has 0 aliphatic heterocycles. The molecule has 0 bridgehead atoms. The van der Waals surface area contributed by atoms with Gasteiger partial charge in [0.05, 0.1) is 5.56 Å². The minimum absolute atomic E-state index is 0.0675. The van der Waals surface area contributed by atoms with Crippen molar-refractivity contribution < 1.29 is 19.8 Å². The highest BCUT2D eigenvalue weighted by Crippen LogP contribution is 2.18. The van der Waals surface area contributed by atoms with Gasteiger partial charge in [-0.25, -0.2) is 4.79 Å². The molecule has 0 aliphatic carbocycles. The predicted octanol–water partition coefficient (Wildman–Crippen LogP) is 2.16. The first-order valence-electron chi connectivity index (χ1n) is 4.24. The lowest BCUT2D eigenvalue weighted by Crippen LogP contribution is -2.05. The van der Waals surface area contributed by atoms with Crippen molar-refractivity contribution in [2.45, 2.75) is 12.8 Å². The van der Waals surface area contributed by atoms with Crippen molar-refractivity contribution in [2.24, 2.45) is 0 Å². The molecule has 1 aromatic rings. The van der Waals surface area contributed by atoms with E-state index in [0.717, 1.165) is 0 Å². The van der Waals surface area contributed by atoms with Crippen molar-refractivity contribution in [1.82, 2.24) is 0 Å². The van der Waals surface area contributed by atoms with E-state index in [1.54, 1.807) is 12.1 Å². The minimum Gasteiger partial charge on any atom is -0.481 e. The van der Waals surface area contributed by atoms with Crippen LogP contribution < -0.4 is 0 Å². The zero-order chi connectivity index (χ0) is 11.4. The lowest BCUT2D eigenvalue weighted by molar-refractivity contribution is -0.136. The van der Waals surface area contributed by atoms with Crippen LogP contribution in [-0.4, -0.2) is 22.2 Å². The normalized spacial score (nSPS) is 9.93. The molecule has 0 heterocycles. The first kappa shape index (κ1) is 11.7. The van der Waals surface area contributed by atoms with Crippen LogP contribution in [0, 0.1) is 0 Å². The van der Waals surface area contributed by atoms with Crippen molar-refractivity contribution >= 4 is 27.9 Å². The van der Waals surface area contributed by atoms with E-state index in [1.165, 1.54) is 6.07 Å². The molecule has 0 aromatic heterocycles. The van der Waals surface area contributed by atoms with E-state index in [4.69, 9.17) is 10.2 Å². The Labute approximate surface area is 94.7 Å². The fourth-order valence-electron chi connectivity index (χ4n) is 1.21. The fourth-order valence-corrected chi connectivity index (χ4v) is 1.57. The summed E-state index contributed by atoms with van der Waals surface area (Å²) in [5.74, 6) is -1.98. The molecule has 15 heavy (non-hydrogen) atoms. The lowest BCUT2D eigenvalue weighted by Gasteiger charge is -2.04. The lowest BCUT2D eigenvalue weighted by atomic mass is 10.0. The van der Waals surface area contributed by atoms with Gasteiger partial charge in [-0.3, -0.25) is 4.79 Å². The fraction of sp³-hybridized carbons (Fsp3) is 0.200. The Kier molecular flexibility index (Phi) is 3.85. The molecule has 1 rings (SSSR count). The van der Waals surface area contributed by atoms with E-state index < -0.39 is 11.9 Å². The Morgan fingerprint density at radius 3 is 2.47 bits per heavy atom. The van der Waals surface area contributed by atoms with Gasteiger partial charge in [0, 0.05) is 10.9 Å². The third kappa shape index (κ3) is 3.36. The molecule has 4 nitrogen and oxygen atoms in total. The second-order valence-electron chi connectivity index (χ2n) is 3.00. The molecule has 80 valence electrons. The number of carboxylic acid groups (broad SMARTS) is 2. The molecule has 0 atom stereocenters. The zero-order valence-electron chi connectivity index (χ0n) is 7.74. The molecule has 2 N–H and O–H groups in total. The Bertz CT molecular complexity index is 400. The largest absolute Gasteiger partial charge is 0.481 e. The number of aryl methyl sites for hydroxylation is 1. The summed E-state index contributed by atoms with van der Waals surface area (Å²) < 4.78 is 0.666. The van der Waals surface area contributed by atoms with Crippen LogP contribution in [0.25, 0.3) is 0 Å². The number of carboxylic acids is 2. The van der Waals surface area contributed by atoms with Crippen LogP contribution in [0.5, 0.6) is 0 Å². The number of halogens is 1. The number of benzene rings is 1. The van der Waals surface area contributed by atoms with Gasteiger partial charge in [-0.15, -0.1) is 0 Å².